The Bertz CT molecular complexity index is 543. The van der Waals surface area contributed by atoms with Gasteiger partial charge >= 0.3 is 0 Å². The normalized spacial score (nSPS) is 23.1. The van der Waals surface area contributed by atoms with Crippen LogP contribution in [0, 0.1) is 0 Å². The van der Waals surface area contributed by atoms with Crippen LogP contribution >= 0.6 is 11.8 Å². The van der Waals surface area contributed by atoms with Crippen molar-refractivity contribution in [2.75, 3.05) is 18.9 Å². The van der Waals surface area contributed by atoms with E-state index in [0.717, 1.165) is 29.1 Å². The van der Waals surface area contributed by atoms with Gasteiger partial charge in [-0.2, -0.15) is 0 Å². The number of hydrogen-bond donors (Lipinski definition) is 1. The molecule has 1 aliphatic carbocycles. The molecule has 5 heteroatoms. The van der Waals surface area contributed by atoms with Gasteiger partial charge in [-0.1, -0.05) is 25.5 Å². The number of carbonyl (C=O) groups excluding carboxylic acids is 1. The number of ether oxygens (including phenoxy) is 2. The summed E-state index contributed by atoms with van der Waals surface area (Å²) in [4.78, 5) is 13.5. The van der Waals surface area contributed by atoms with E-state index >= 15 is 0 Å². The molecule has 4 nitrogen and oxygen atoms in total. The lowest BCUT2D eigenvalue weighted by molar-refractivity contribution is -0.186. The second-order valence-corrected chi connectivity index (χ2v) is 7.47. The van der Waals surface area contributed by atoms with E-state index in [1.54, 1.807) is 11.8 Å². The zero-order chi connectivity index (χ0) is 16.1. The molecule has 1 atom stereocenters. The van der Waals surface area contributed by atoms with Crippen molar-refractivity contribution in [3.8, 4) is 0 Å². The minimum atomic E-state index is -0.371. The third kappa shape index (κ3) is 4.08. The van der Waals surface area contributed by atoms with Gasteiger partial charge in [0.05, 0.1) is 12.2 Å². The molecule has 0 bridgehead atoms. The number of carbonyl (C=O) groups is 1. The molecule has 2 fully saturated rings. The van der Waals surface area contributed by atoms with Crippen molar-refractivity contribution < 1.29 is 14.3 Å². The van der Waals surface area contributed by atoms with Gasteiger partial charge < -0.3 is 14.8 Å². The maximum atomic E-state index is 12.4. The van der Waals surface area contributed by atoms with Crippen LogP contribution in [0.1, 0.15) is 49.4 Å². The van der Waals surface area contributed by atoms with Gasteiger partial charge in [-0.15, -0.1) is 11.8 Å². The second-order valence-electron chi connectivity index (χ2n) is 6.16. The molecule has 1 aromatic rings. The van der Waals surface area contributed by atoms with Crippen LogP contribution < -0.4 is 5.32 Å². The van der Waals surface area contributed by atoms with Crippen molar-refractivity contribution >= 4 is 17.7 Å². The van der Waals surface area contributed by atoms with Crippen LogP contribution in [0.15, 0.2) is 29.2 Å². The van der Waals surface area contributed by atoms with E-state index in [0.29, 0.717) is 13.2 Å². The van der Waals surface area contributed by atoms with Gasteiger partial charge in [0.1, 0.15) is 6.10 Å². The molecule has 23 heavy (non-hydrogen) atoms. The lowest BCUT2D eigenvalue weighted by Crippen LogP contribution is -2.37. The van der Waals surface area contributed by atoms with Crippen LogP contribution in [-0.2, 0) is 9.47 Å². The quantitative estimate of drug-likeness (QED) is 0.835. The average molecular weight is 335 g/mol. The van der Waals surface area contributed by atoms with Gasteiger partial charge in [-0.25, -0.2) is 0 Å². The first kappa shape index (κ1) is 16.8. The standard InChI is InChI=1S/C18H25NO3S/c1-2-23-16-9-5-4-8-15(16)17(20)19-12-14-13-21-18(22-14)10-6-3-7-11-18/h4-5,8-9,14H,2-3,6-7,10-13H2,1H3,(H,19,20)/t14-/m1/s1. The molecular weight excluding hydrogens is 310 g/mol. The van der Waals surface area contributed by atoms with E-state index in [4.69, 9.17) is 9.47 Å². The van der Waals surface area contributed by atoms with E-state index < -0.39 is 0 Å². The van der Waals surface area contributed by atoms with Crippen molar-refractivity contribution in [3.05, 3.63) is 29.8 Å². The largest absolute Gasteiger partial charge is 0.349 e. The first-order valence-corrected chi connectivity index (χ1v) is 9.53. The predicted molar refractivity (Wildman–Crippen MR) is 91.8 cm³/mol. The zero-order valence-corrected chi connectivity index (χ0v) is 14.5. The molecule has 2 aliphatic rings. The lowest BCUT2D eigenvalue weighted by Gasteiger charge is -2.31. The molecule has 1 saturated carbocycles. The van der Waals surface area contributed by atoms with Gasteiger partial charge in [0.2, 0.25) is 0 Å². The van der Waals surface area contributed by atoms with Gasteiger partial charge in [0.15, 0.2) is 5.79 Å². The molecule has 126 valence electrons. The molecule has 1 saturated heterocycles. The van der Waals surface area contributed by atoms with Gasteiger partial charge in [0, 0.05) is 24.3 Å². The zero-order valence-electron chi connectivity index (χ0n) is 13.7. The highest BCUT2D eigenvalue weighted by atomic mass is 32.2. The predicted octanol–water partition coefficient (Wildman–Crippen LogP) is 3.60. The van der Waals surface area contributed by atoms with Crippen molar-refractivity contribution in [1.82, 2.24) is 5.32 Å². The van der Waals surface area contributed by atoms with Crippen LogP contribution in [0.4, 0.5) is 0 Å². The van der Waals surface area contributed by atoms with Crippen LogP contribution in [0.25, 0.3) is 0 Å². The van der Waals surface area contributed by atoms with Crippen LogP contribution in [-0.4, -0.2) is 36.7 Å². The third-order valence-corrected chi connectivity index (χ3v) is 5.41. The van der Waals surface area contributed by atoms with E-state index in [1.807, 2.05) is 24.3 Å². The molecule has 1 heterocycles. The summed E-state index contributed by atoms with van der Waals surface area (Å²) in [7, 11) is 0. The van der Waals surface area contributed by atoms with Crippen LogP contribution in [0.5, 0.6) is 0 Å². The summed E-state index contributed by atoms with van der Waals surface area (Å²) in [6.07, 6.45) is 5.52. The molecule has 0 radical (unpaired) electrons. The van der Waals surface area contributed by atoms with Gasteiger partial charge in [-0.05, 0) is 30.7 Å². The lowest BCUT2D eigenvalue weighted by atomic mass is 9.94. The van der Waals surface area contributed by atoms with E-state index in [-0.39, 0.29) is 17.8 Å². The van der Waals surface area contributed by atoms with Gasteiger partial charge in [0.25, 0.3) is 5.91 Å². The summed E-state index contributed by atoms with van der Waals surface area (Å²) in [6.45, 7) is 3.17. The molecular formula is C18H25NO3S. The Morgan fingerprint density at radius 2 is 2.09 bits per heavy atom. The van der Waals surface area contributed by atoms with E-state index in [9.17, 15) is 4.79 Å². The number of hydrogen-bond acceptors (Lipinski definition) is 4. The van der Waals surface area contributed by atoms with E-state index in [1.165, 1.54) is 19.3 Å². The fourth-order valence-corrected chi connectivity index (χ4v) is 4.11. The second kappa shape index (κ2) is 7.69. The van der Waals surface area contributed by atoms with Crippen LogP contribution in [0.3, 0.4) is 0 Å². The number of thioether (sulfide) groups is 1. The van der Waals surface area contributed by atoms with Crippen molar-refractivity contribution in [3.63, 3.8) is 0 Å². The highest BCUT2D eigenvalue weighted by Crippen LogP contribution is 2.37. The molecule has 1 amide bonds. The molecule has 0 aromatic heterocycles. The Morgan fingerprint density at radius 1 is 1.30 bits per heavy atom. The Balaban J connectivity index is 1.54. The molecule has 1 spiro atoms. The summed E-state index contributed by atoms with van der Waals surface area (Å²) in [5, 5.41) is 3.00. The highest BCUT2D eigenvalue weighted by molar-refractivity contribution is 7.99. The minimum absolute atomic E-state index is 0.0326. The summed E-state index contributed by atoms with van der Waals surface area (Å²) >= 11 is 1.69. The first-order chi connectivity index (χ1) is 11.2. The first-order valence-electron chi connectivity index (χ1n) is 8.54. The molecule has 1 aromatic carbocycles. The molecule has 3 rings (SSSR count). The number of rotatable bonds is 5. The van der Waals surface area contributed by atoms with Crippen molar-refractivity contribution in [2.24, 2.45) is 0 Å². The minimum Gasteiger partial charge on any atom is -0.349 e. The maximum absolute atomic E-state index is 12.4. The Hall–Kier alpha value is -1.04. The molecule has 1 N–H and O–H groups in total. The fourth-order valence-electron chi connectivity index (χ4n) is 3.31. The number of nitrogens with one attached hydrogen (secondary N) is 1. The Morgan fingerprint density at radius 3 is 2.87 bits per heavy atom. The fraction of sp³-hybridized carbons (Fsp3) is 0.611. The summed E-state index contributed by atoms with van der Waals surface area (Å²) in [6, 6.07) is 7.74. The smallest absolute Gasteiger partial charge is 0.252 e. The van der Waals surface area contributed by atoms with Gasteiger partial charge in [-0.3, -0.25) is 4.79 Å². The topological polar surface area (TPSA) is 47.6 Å². The van der Waals surface area contributed by atoms with Crippen LogP contribution in [0.2, 0.25) is 0 Å². The summed E-state index contributed by atoms with van der Waals surface area (Å²) in [5.74, 6) is 0.547. The van der Waals surface area contributed by atoms with Crippen molar-refractivity contribution in [2.45, 2.75) is 55.8 Å². The summed E-state index contributed by atoms with van der Waals surface area (Å²) < 4.78 is 12.0. The monoisotopic (exact) mass is 335 g/mol. The Kier molecular flexibility index (Phi) is 5.62. The number of benzene rings is 1. The highest BCUT2D eigenvalue weighted by Gasteiger charge is 2.42. The maximum Gasteiger partial charge on any atom is 0.252 e. The third-order valence-electron chi connectivity index (χ3n) is 4.45. The average Bonchev–Trinajstić information content (AvgIpc) is 2.97. The number of amides is 1. The van der Waals surface area contributed by atoms with Crippen molar-refractivity contribution in [1.29, 1.82) is 0 Å². The van der Waals surface area contributed by atoms with E-state index in [2.05, 4.69) is 12.2 Å². The molecule has 1 aliphatic heterocycles. The molecule has 0 unspecified atom stereocenters. The summed E-state index contributed by atoms with van der Waals surface area (Å²) in [5.41, 5.74) is 0.741. The SMILES string of the molecule is CCSc1ccccc1C(=O)NC[C@@H]1COC2(CCCCC2)O1. The Labute approximate surface area is 142 Å².